The number of nitrogens with zero attached hydrogens (tertiary/aromatic N) is 2. The number of benzene rings is 2. The first kappa shape index (κ1) is 22.9. The van der Waals surface area contributed by atoms with Crippen molar-refractivity contribution in [1.82, 2.24) is 4.90 Å². The molecule has 0 radical (unpaired) electrons. The van der Waals surface area contributed by atoms with Gasteiger partial charge in [0, 0.05) is 56.1 Å². The Morgan fingerprint density at radius 1 is 1.03 bits per heavy atom. The predicted molar refractivity (Wildman–Crippen MR) is 129 cm³/mol. The van der Waals surface area contributed by atoms with Crippen LogP contribution in [0.1, 0.15) is 30.9 Å². The second-order valence-corrected chi connectivity index (χ2v) is 11.5. The van der Waals surface area contributed by atoms with Gasteiger partial charge in [-0.25, -0.2) is 8.42 Å². The van der Waals surface area contributed by atoms with Gasteiger partial charge in [0.2, 0.25) is 0 Å². The molecule has 0 N–H and O–H groups in total. The van der Waals surface area contributed by atoms with Gasteiger partial charge in [0.05, 0.1) is 19.5 Å². The fourth-order valence-corrected chi connectivity index (χ4v) is 5.40. The van der Waals surface area contributed by atoms with Gasteiger partial charge in [0.25, 0.3) is 0 Å². The number of methoxy groups -OCH3 is 1. The van der Waals surface area contributed by atoms with Crippen LogP contribution in [0.4, 0.5) is 5.69 Å². The fourth-order valence-electron chi connectivity index (χ4n) is 4.81. The summed E-state index contributed by atoms with van der Waals surface area (Å²) in [5.41, 5.74) is 3.88. The molecule has 1 spiro atoms. The van der Waals surface area contributed by atoms with Gasteiger partial charge in [0.1, 0.15) is 21.3 Å². The summed E-state index contributed by atoms with van der Waals surface area (Å²) in [6.45, 7) is 7.04. The molecule has 7 heteroatoms. The molecule has 2 aromatic carbocycles. The van der Waals surface area contributed by atoms with E-state index in [4.69, 9.17) is 9.47 Å². The van der Waals surface area contributed by atoms with Crippen LogP contribution in [0.2, 0.25) is 0 Å². The highest BCUT2D eigenvalue weighted by atomic mass is 32.2. The largest absolute Gasteiger partial charge is 0.497 e. The summed E-state index contributed by atoms with van der Waals surface area (Å²) in [7, 11) is -1.26. The van der Waals surface area contributed by atoms with Crippen LogP contribution in [0.3, 0.4) is 0 Å². The highest BCUT2D eigenvalue weighted by molar-refractivity contribution is 7.90. The lowest BCUT2D eigenvalue weighted by molar-refractivity contribution is 0.0824. The standard InChI is InChI=1S/C25H34N2O4S/c1-4-5-13-31-22-10-11-23-24(15-22)27(16-20-6-8-21(30-2)9-7-20)19-25(23)17-26(18-25)12-14-32(3,28)29/h6-11,15H,4-5,12-14,16-19H2,1-3H3. The van der Waals surface area contributed by atoms with Gasteiger partial charge in [-0.3, -0.25) is 0 Å². The predicted octanol–water partition coefficient (Wildman–Crippen LogP) is 3.49. The Morgan fingerprint density at radius 2 is 1.75 bits per heavy atom. The van der Waals surface area contributed by atoms with Crippen LogP contribution in [0.5, 0.6) is 11.5 Å². The molecule has 2 aliphatic rings. The van der Waals surface area contributed by atoms with Gasteiger partial charge >= 0.3 is 0 Å². The van der Waals surface area contributed by atoms with E-state index in [9.17, 15) is 8.42 Å². The monoisotopic (exact) mass is 458 g/mol. The fraction of sp³-hybridized carbons (Fsp3) is 0.520. The zero-order valence-electron chi connectivity index (χ0n) is 19.3. The van der Waals surface area contributed by atoms with Crippen molar-refractivity contribution >= 4 is 15.5 Å². The van der Waals surface area contributed by atoms with Crippen molar-refractivity contribution in [2.75, 3.05) is 56.8 Å². The second-order valence-electron chi connectivity index (χ2n) is 9.21. The molecular weight excluding hydrogens is 424 g/mol. The molecule has 2 aliphatic heterocycles. The third-order valence-corrected chi connectivity index (χ3v) is 7.43. The van der Waals surface area contributed by atoms with Crippen molar-refractivity contribution < 1.29 is 17.9 Å². The first-order valence-corrected chi connectivity index (χ1v) is 13.4. The van der Waals surface area contributed by atoms with E-state index in [-0.39, 0.29) is 11.2 Å². The molecule has 32 heavy (non-hydrogen) atoms. The smallest absolute Gasteiger partial charge is 0.148 e. The highest BCUT2D eigenvalue weighted by Gasteiger charge is 2.50. The van der Waals surface area contributed by atoms with Crippen molar-refractivity contribution in [3.8, 4) is 11.5 Å². The zero-order chi connectivity index (χ0) is 22.8. The van der Waals surface area contributed by atoms with Crippen molar-refractivity contribution in [2.45, 2.75) is 31.7 Å². The van der Waals surface area contributed by atoms with Crippen LogP contribution < -0.4 is 14.4 Å². The average Bonchev–Trinajstić information content (AvgIpc) is 3.05. The van der Waals surface area contributed by atoms with Crippen LogP contribution in [0, 0.1) is 0 Å². The van der Waals surface area contributed by atoms with E-state index in [1.165, 1.54) is 23.1 Å². The number of rotatable bonds is 10. The summed E-state index contributed by atoms with van der Waals surface area (Å²) in [5, 5.41) is 0. The number of hydrogen-bond donors (Lipinski definition) is 0. The maximum atomic E-state index is 11.6. The van der Waals surface area contributed by atoms with E-state index < -0.39 is 9.84 Å². The molecule has 6 nitrogen and oxygen atoms in total. The Bertz CT molecular complexity index is 1030. The van der Waals surface area contributed by atoms with Crippen molar-refractivity contribution in [3.05, 3.63) is 53.6 Å². The lowest BCUT2D eigenvalue weighted by atomic mass is 9.75. The number of hydrogen-bond acceptors (Lipinski definition) is 6. The molecule has 0 amide bonds. The summed E-state index contributed by atoms with van der Waals surface area (Å²) in [5.74, 6) is 2.00. The first-order chi connectivity index (χ1) is 15.3. The molecule has 2 heterocycles. The number of anilines is 1. The molecule has 2 aromatic rings. The first-order valence-electron chi connectivity index (χ1n) is 11.4. The summed E-state index contributed by atoms with van der Waals surface area (Å²) in [6, 6.07) is 14.7. The molecule has 0 atom stereocenters. The van der Waals surface area contributed by atoms with Gasteiger partial charge in [0.15, 0.2) is 0 Å². The summed E-state index contributed by atoms with van der Waals surface area (Å²) in [4.78, 5) is 4.70. The second kappa shape index (κ2) is 9.32. The quantitative estimate of drug-likeness (QED) is 0.508. The Morgan fingerprint density at radius 3 is 2.41 bits per heavy atom. The Hall–Kier alpha value is -2.25. The van der Waals surface area contributed by atoms with Crippen molar-refractivity contribution in [2.24, 2.45) is 0 Å². The SMILES string of the molecule is CCCCOc1ccc2c(c1)N(Cc1ccc(OC)cc1)CC21CN(CCS(C)(=O)=O)C1. The molecule has 0 aromatic heterocycles. The van der Waals surface area contributed by atoms with Gasteiger partial charge in [-0.05, 0) is 35.7 Å². The number of sulfone groups is 1. The lowest BCUT2D eigenvalue weighted by Crippen LogP contribution is -2.61. The molecule has 0 unspecified atom stereocenters. The number of likely N-dealkylation sites (tertiary alicyclic amines) is 1. The number of fused-ring (bicyclic) bond motifs is 2. The Labute approximate surface area is 192 Å². The van der Waals surface area contributed by atoms with Crippen LogP contribution in [-0.4, -0.2) is 65.2 Å². The van der Waals surface area contributed by atoms with Gasteiger partial charge < -0.3 is 19.3 Å². The summed E-state index contributed by atoms with van der Waals surface area (Å²) >= 11 is 0. The third kappa shape index (κ3) is 5.04. The van der Waals surface area contributed by atoms with Gasteiger partial charge in [-0.15, -0.1) is 0 Å². The van der Waals surface area contributed by atoms with Gasteiger partial charge in [-0.1, -0.05) is 31.5 Å². The topological polar surface area (TPSA) is 59.1 Å². The minimum Gasteiger partial charge on any atom is -0.497 e. The van der Waals surface area contributed by atoms with Crippen LogP contribution >= 0.6 is 0 Å². The molecule has 1 saturated heterocycles. The lowest BCUT2D eigenvalue weighted by Gasteiger charge is -2.48. The highest BCUT2D eigenvalue weighted by Crippen LogP contribution is 2.48. The minimum absolute atomic E-state index is 0.0568. The molecule has 0 aliphatic carbocycles. The summed E-state index contributed by atoms with van der Waals surface area (Å²) in [6.07, 6.45) is 3.47. The van der Waals surface area contributed by atoms with E-state index in [0.717, 1.165) is 57.1 Å². The van der Waals surface area contributed by atoms with Crippen molar-refractivity contribution in [3.63, 3.8) is 0 Å². The molecular formula is C25H34N2O4S. The molecule has 0 bridgehead atoms. The van der Waals surface area contributed by atoms with E-state index in [1.807, 2.05) is 12.1 Å². The van der Waals surface area contributed by atoms with Crippen LogP contribution in [0.15, 0.2) is 42.5 Å². The van der Waals surface area contributed by atoms with Crippen molar-refractivity contribution in [1.29, 1.82) is 0 Å². The molecule has 1 fully saturated rings. The molecule has 0 saturated carbocycles. The van der Waals surface area contributed by atoms with Crippen LogP contribution in [0.25, 0.3) is 0 Å². The zero-order valence-corrected chi connectivity index (χ0v) is 20.2. The number of ether oxygens (including phenoxy) is 2. The normalized spacial score (nSPS) is 17.3. The van der Waals surface area contributed by atoms with E-state index in [2.05, 4.69) is 47.1 Å². The minimum atomic E-state index is -2.94. The summed E-state index contributed by atoms with van der Waals surface area (Å²) < 4.78 is 34.4. The van der Waals surface area contributed by atoms with E-state index in [0.29, 0.717) is 6.54 Å². The van der Waals surface area contributed by atoms with Gasteiger partial charge in [-0.2, -0.15) is 0 Å². The maximum Gasteiger partial charge on any atom is 0.148 e. The van der Waals surface area contributed by atoms with E-state index >= 15 is 0 Å². The third-order valence-electron chi connectivity index (χ3n) is 6.50. The van der Waals surface area contributed by atoms with E-state index in [1.54, 1.807) is 7.11 Å². The maximum absolute atomic E-state index is 11.6. The molecule has 4 rings (SSSR count). The Kier molecular flexibility index (Phi) is 6.67. The number of unbranched alkanes of at least 4 members (excludes halogenated alkanes) is 1. The Balaban J connectivity index is 1.53. The average molecular weight is 459 g/mol. The molecule has 174 valence electrons. The van der Waals surface area contributed by atoms with Crippen LogP contribution in [-0.2, 0) is 21.8 Å².